The second kappa shape index (κ2) is 5.45. The van der Waals surface area contributed by atoms with Gasteiger partial charge in [0.1, 0.15) is 17.7 Å². The maximum atomic E-state index is 13.7. The molecule has 0 bridgehead atoms. The van der Waals surface area contributed by atoms with Crippen molar-refractivity contribution >= 4 is 23.2 Å². The monoisotopic (exact) mass is 302 g/mol. The maximum Gasteiger partial charge on any atom is 0.142 e. The predicted octanol–water partition coefficient (Wildman–Crippen LogP) is 4.66. The van der Waals surface area contributed by atoms with E-state index >= 15 is 0 Å². The minimum absolute atomic E-state index is 0.179. The van der Waals surface area contributed by atoms with Gasteiger partial charge >= 0.3 is 0 Å². The first-order valence-corrected chi connectivity index (χ1v) is 6.24. The number of hydrogen-bond donors (Lipinski definition) is 1. The molecule has 0 aliphatic carbocycles. The van der Waals surface area contributed by atoms with Crippen molar-refractivity contribution in [1.82, 2.24) is 0 Å². The summed E-state index contributed by atoms with van der Waals surface area (Å²) in [6.07, 6.45) is -1.30. The summed E-state index contributed by atoms with van der Waals surface area (Å²) in [6.45, 7) is 1.81. The van der Waals surface area contributed by atoms with Crippen LogP contribution in [0.1, 0.15) is 22.8 Å². The van der Waals surface area contributed by atoms with Crippen LogP contribution < -0.4 is 0 Å². The Morgan fingerprint density at radius 2 is 1.68 bits per heavy atom. The van der Waals surface area contributed by atoms with Crippen LogP contribution >= 0.6 is 23.2 Å². The van der Waals surface area contributed by atoms with Gasteiger partial charge in [-0.1, -0.05) is 35.3 Å². The lowest BCUT2D eigenvalue weighted by Gasteiger charge is -2.14. The summed E-state index contributed by atoms with van der Waals surface area (Å²) in [5.41, 5.74) is 1.04. The van der Waals surface area contributed by atoms with Crippen molar-refractivity contribution in [3.8, 4) is 0 Å². The Labute approximate surface area is 119 Å². The van der Waals surface area contributed by atoms with E-state index in [2.05, 4.69) is 0 Å². The summed E-state index contributed by atoms with van der Waals surface area (Å²) in [4.78, 5) is 0. The highest BCUT2D eigenvalue weighted by atomic mass is 35.5. The van der Waals surface area contributed by atoms with Crippen LogP contribution in [-0.2, 0) is 0 Å². The third-order valence-electron chi connectivity index (χ3n) is 2.85. The minimum atomic E-state index is -1.30. The Hall–Kier alpha value is -1.16. The number of hydrogen-bond acceptors (Lipinski definition) is 1. The van der Waals surface area contributed by atoms with E-state index in [0.29, 0.717) is 10.6 Å². The molecule has 2 aromatic carbocycles. The average Bonchev–Trinajstić information content (AvgIpc) is 2.36. The summed E-state index contributed by atoms with van der Waals surface area (Å²) in [5.74, 6) is -1.55. The number of aryl methyl sites for hydroxylation is 1. The third-order valence-corrected chi connectivity index (χ3v) is 3.54. The smallest absolute Gasteiger partial charge is 0.142 e. The van der Waals surface area contributed by atoms with E-state index < -0.39 is 17.7 Å². The molecule has 2 rings (SSSR count). The number of halogens is 4. The molecule has 0 aliphatic rings. The first-order chi connectivity index (χ1) is 8.90. The molecule has 0 fully saturated rings. The van der Waals surface area contributed by atoms with Crippen LogP contribution in [0.15, 0.2) is 30.3 Å². The standard InChI is InChI=1S/C14H10Cl2F2O/c1-7-2-3-8(4-10(7)15)14(19)9-5-13(18)11(16)6-12(9)17/h2-6,14,19H,1H3. The molecular weight excluding hydrogens is 293 g/mol. The van der Waals surface area contributed by atoms with E-state index in [-0.39, 0.29) is 10.6 Å². The Bertz CT molecular complexity index is 629. The van der Waals surface area contributed by atoms with Crippen LogP contribution in [0.2, 0.25) is 10.0 Å². The molecule has 0 saturated heterocycles. The zero-order valence-corrected chi connectivity index (χ0v) is 11.4. The molecule has 0 heterocycles. The van der Waals surface area contributed by atoms with Crippen molar-refractivity contribution in [3.63, 3.8) is 0 Å². The zero-order valence-electron chi connectivity index (χ0n) is 9.92. The average molecular weight is 303 g/mol. The lowest BCUT2D eigenvalue weighted by molar-refractivity contribution is 0.214. The van der Waals surface area contributed by atoms with Crippen LogP contribution in [0, 0.1) is 18.6 Å². The molecule has 0 amide bonds. The highest BCUT2D eigenvalue weighted by Crippen LogP contribution is 2.30. The summed E-state index contributed by atoms with van der Waals surface area (Å²) < 4.78 is 27.0. The van der Waals surface area contributed by atoms with Gasteiger partial charge in [0, 0.05) is 10.6 Å². The summed E-state index contributed by atoms with van der Waals surface area (Å²) in [5, 5.41) is 10.2. The van der Waals surface area contributed by atoms with E-state index in [1.165, 1.54) is 6.07 Å². The molecule has 1 N–H and O–H groups in total. The van der Waals surface area contributed by atoms with Crippen LogP contribution in [0.3, 0.4) is 0 Å². The van der Waals surface area contributed by atoms with Gasteiger partial charge in [-0.25, -0.2) is 8.78 Å². The first kappa shape index (κ1) is 14.3. The lowest BCUT2D eigenvalue weighted by Crippen LogP contribution is -2.04. The maximum absolute atomic E-state index is 13.7. The van der Waals surface area contributed by atoms with Crippen molar-refractivity contribution in [2.75, 3.05) is 0 Å². The van der Waals surface area contributed by atoms with Crippen LogP contribution in [0.25, 0.3) is 0 Å². The van der Waals surface area contributed by atoms with Gasteiger partial charge < -0.3 is 5.11 Å². The normalized spacial score (nSPS) is 12.5. The fraction of sp³-hybridized carbons (Fsp3) is 0.143. The largest absolute Gasteiger partial charge is 0.384 e. The summed E-state index contributed by atoms with van der Waals surface area (Å²) in [6, 6.07) is 6.55. The van der Waals surface area contributed by atoms with E-state index in [9.17, 15) is 13.9 Å². The van der Waals surface area contributed by atoms with Crippen molar-refractivity contribution in [1.29, 1.82) is 0 Å². The van der Waals surface area contributed by atoms with Gasteiger partial charge in [-0.15, -0.1) is 0 Å². The topological polar surface area (TPSA) is 20.2 Å². The number of aliphatic hydroxyl groups is 1. The molecule has 100 valence electrons. The SMILES string of the molecule is Cc1ccc(C(O)c2cc(F)c(Cl)cc2F)cc1Cl. The number of aliphatic hydroxyl groups excluding tert-OH is 1. The Morgan fingerprint density at radius 1 is 1.00 bits per heavy atom. The van der Waals surface area contributed by atoms with Crippen LogP contribution in [-0.4, -0.2) is 5.11 Å². The van der Waals surface area contributed by atoms with Gasteiger partial charge in [-0.05, 0) is 36.2 Å². The van der Waals surface area contributed by atoms with E-state index in [0.717, 1.165) is 17.7 Å². The second-order valence-electron chi connectivity index (χ2n) is 4.20. The Morgan fingerprint density at radius 3 is 2.32 bits per heavy atom. The third kappa shape index (κ3) is 2.89. The van der Waals surface area contributed by atoms with Gasteiger partial charge in [0.05, 0.1) is 5.02 Å². The van der Waals surface area contributed by atoms with Crippen molar-refractivity contribution in [2.45, 2.75) is 13.0 Å². The van der Waals surface area contributed by atoms with Crippen LogP contribution in [0.4, 0.5) is 8.78 Å². The fourth-order valence-electron chi connectivity index (χ4n) is 1.71. The molecule has 19 heavy (non-hydrogen) atoms. The van der Waals surface area contributed by atoms with Gasteiger partial charge in [0.2, 0.25) is 0 Å². The molecule has 0 radical (unpaired) electrons. The Balaban J connectivity index is 2.46. The van der Waals surface area contributed by atoms with E-state index in [1.54, 1.807) is 19.1 Å². The highest BCUT2D eigenvalue weighted by molar-refractivity contribution is 6.31. The molecule has 0 spiro atoms. The fourth-order valence-corrected chi connectivity index (χ4v) is 2.05. The van der Waals surface area contributed by atoms with E-state index in [4.69, 9.17) is 23.2 Å². The summed E-state index contributed by atoms with van der Waals surface area (Å²) >= 11 is 11.4. The molecule has 1 atom stereocenters. The zero-order chi connectivity index (χ0) is 14.2. The first-order valence-electron chi connectivity index (χ1n) is 5.48. The van der Waals surface area contributed by atoms with Crippen molar-refractivity contribution < 1.29 is 13.9 Å². The molecular formula is C14H10Cl2F2O. The second-order valence-corrected chi connectivity index (χ2v) is 5.01. The molecule has 0 aromatic heterocycles. The Kier molecular flexibility index (Phi) is 4.09. The minimum Gasteiger partial charge on any atom is -0.384 e. The van der Waals surface area contributed by atoms with Gasteiger partial charge in [-0.3, -0.25) is 0 Å². The van der Waals surface area contributed by atoms with Crippen molar-refractivity contribution in [2.24, 2.45) is 0 Å². The van der Waals surface area contributed by atoms with Gasteiger partial charge in [-0.2, -0.15) is 0 Å². The quantitative estimate of drug-likeness (QED) is 0.800. The van der Waals surface area contributed by atoms with E-state index in [1.807, 2.05) is 0 Å². The number of rotatable bonds is 2. The predicted molar refractivity (Wildman–Crippen MR) is 71.6 cm³/mol. The molecule has 0 aliphatic heterocycles. The molecule has 1 unspecified atom stereocenters. The highest BCUT2D eigenvalue weighted by Gasteiger charge is 2.18. The molecule has 1 nitrogen and oxygen atoms in total. The summed E-state index contributed by atoms with van der Waals surface area (Å²) in [7, 11) is 0. The van der Waals surface area contributed by atoms with Crippen molar-refractivity contribution in [3.05, 3.63) is 68.7 Å². The van der Waals surface area contributed by atoms with Crippen LogP contribution in [0.5, 0.6) is 0 Å². The molecule has 5 heteroatoms. The molecule has 2 aromatic rings. The molecule has 0 saturated carbocycles. The van der Waals surface area contributed by atoms with Gasteiger partial charge in [0.25, 0.3) is 0 Å². The lowest BCUT2D eigenvalue weighted by atomic mass is 10.00. The number of benzene rings is 2. The van der Waals surface area contributed by atoms with Gasteiger partial charge in [0.15, 0.2) is 0 Å².